The Morgan fingerprint density at radius 1 is 1.17 bits per heavy atom. The van der Waals surface area contributed by atoms with Crippen molar-refractivity contribution in [1.29, 1.82) is 0 Å². The minimum Gasteiger partial charge on any atom is -0.207 e. The number of hydrogen-bond donors (Lipinski definition) is 0. The Labute approximate surface area is 110 Å². The zero-order chi connectivity index (χ0) is 13.4. The lowest BCUT2D eigenvalue weighted by molar-refractivity contribution is 0.612. The van der Waals surface area contributed by atoms with Gasteiger partial charge in [-0.2, -0.15) is 0 Å². The van der Waals surface area contributed by atoms with Gasteiger partial charge >= 0.3 is 0 Å². The number of halogens is 1. The molecule has 0 nitrogen and oxygen atoms in total. The predicted molar refractivity (Wildman–Crippen MR) is 77.1 cm³/mol. The molecule has 0 fully saturated rings. The second kappa shape index (κ2) is 7.65. The monoisotopic (exact) mass is 244 g/mol. The standard InChI is InChI=1S/C17H21F/c1-4-5-6-7-8-9-14(2)12-16-11-10-15(3)17(18)13-16/h4-11,13-14H,12H2,1-3H3/b5-4-,7-6-,9-8+/t14-/m1/s1. The number of aryl methyl sites for hydroxylation is 1. The van der Waals surface area contributed by atoms with Crippen molar-refractivity contribution in [2.24, 2.45) is 5.92 Å². The summed E-state index contributed by atoms with van der Waals surface area (Å²) in [5.74, 6) is 0.291. The zero-order valence-corrected chi connectivity index (χ0v) is 11.4. The summed E-state index contributed by atoms with van der Waals surface area (Å²) in [5, 5.41) is 0. The molecule has 0 spiro atoms. The summed E-state index contributed by atoms with van der Waals surface area (Å²) >= 11 is 0. The van der Waals surface area contributed by atoms with Crippen LogP contribution < -0.4 is 0 Å². The Hall–Kier alpha value is -1.63. The number of allylic oxidation sites excluding steroid dienone is 6. The molecular weight excluding hydrogens is 223 g/mol. The molecule has 0 amide bonds. The van der Waals surface area contributed by atoms with Gasteiger partial charge in [0.15, 0.2) is 0 Å². The van der Waals surface area contributed by atoms with Crippen molar-refractivity contribution in [2.45, 2.75) is 27.2 Å². The Morgan fingerprint density at radius 2 is 1.89 bits per heavy atom. The van der Waals surface area contributed by atoms with Crippen molar-refractivity contribution in [3.63, 3.8) is 0 Å². The molecule has 0 saturated heterocycles. The topological polar surface area (TPSA) is 0 Å². The summed E-state index contributed by atoms with van der Waals surface area (Å²) in [6, 6.07) is 5.47. The Balaban J connectivity index is 2.53. The third-order valence-electron chi connectivity index (χ3n) is 2.76. The van der Waals surface area contributed by atoms with Crippen LogP contribution in [0.1, 0.15) is 25.0 Å². The molecule has 0 bridgehead atoms. The van der Waals surface area contributed by atoms with Gasteiger partial charge in [-0.05, 0) is 43.4 Å². The van der Waals surface area contributed by atoms with E-state index in [0.29, 0.717) is 11.5 Å². The molecule has 18 heavy (non-hydrogen) atoms. The van der Waals surface area contributed by atoms with Gasteiger partial charge in [-0.15, -0.1) is 0 Å². The van der Waals surface area contributed by atoms with E-state index in [1.54, 1.807) is 13.0 Å². The van der Waals surface area contributed by atoms with Gasteiger partial charge in [-0.25, -0.2) is 4.39 Å². The van der Waals surface area contributed by atoms with Crippen molar-refractivity contribution in [3.8, 4) is 0 Å². The van der Waals surface area contributed by atoms with E-state index in [2.05, 4.69) is 13.0 Å². The fraction of sp³-hybridized carbons (Fsp3) is 0.294. The van der Waals surface area contributed by atoms with E-state index < -0.39 is 0 Å². The van der Waals surface area contributed by atoms with E-state index in [9.17, 15) is 4.39 Å². The van der Waals surface area contributed by atoms with Crippen molar-refractivity contribution in [3.05, 3.63) is 71.6 Å². The zero-order valence-electron chi connectivity index (χ0n) is 11.4. The summed E-state index contributed by atoms with van der Waals surface area (Å²) in [4.78, 5) is 0. The minimum absolute atomic E-state index is 0.114. The average Bonchev–Trinajstić information content (AvgIpc) is 2.34. The molecule has 0 N–H and O–H groups in total. The lowest BCUT2D eigenvalue weighted by Crippen LogP contribution is -1.97. The molecule has 0 aliphatic carbocycles. The molecule has 1 heteroatoms. The Kier molecular flexibility index (Phi) is 6.13. The molecular formula is C17H21F. The summed E-state index contributed by atoms with van der Waals surface area (Å²) < 4.78 is 13.4. The maximum atomic E-state index is 13.4. The fourth-order valence-corrected chi connectivity index (χ4v) is 1.70. The molecule has 0 saturated carbocycles. The van der Waals surface area contributed by atoms with E-state index in [1.165, 1.54) is 0 Å². The quantitative estimate of drug-likeness (QED) is 0.639. The van der Waals surface area contributed by atoms with Crippen LogP contribution in [0, 0.1) is 18.7 Å². The predicted octanol–water partition coefficient (Wildman–Crippen LogP) is 5.00. The highest BCUT2D eigenvalue weighted by Gasteiger charge is 2.02. The van der Waals surface area contributed by atoms with Gasteiger partial charge in [0.2, 0.25) is 0 Å². The summed E-state index contributed by atoms with van der Waals surface area (Å²) in [7, 11) is 0. The minimum atomic E-state index is -0.114. The van der Waals surface area contributed by atoms with Gasteiger partial charge in [0.25, 0.3) is 0 Å². The summed E-state index contributed by atoms with van der Waals surface area (Å²) in [5.41, 5.74) is 1.75. The van der Waals surface area contributed by atoms with Gasteiger partial charge in [-0.3, -0.25) is 0 Å². The van der Waals surface area contributed by atoms with E-state index in [-0.39, 0.29) is 5.82 Å². The normalized spacial score (nSPS) is 14.0. The van der Waals surface area contributed by atoms with Gasteiger partial charge < -0.3 is 0 Å². The first kappa shape index (κ1) is 14.4. The van der Waals surface area contributed by atoms with Crippen LogP contribution in [0.5, 0.6) is 0 Å². The lowest BCUT2D eigenvalue weighted by atomic mass is 9.99. The number of hydrogen-bond acceptors (Lipinski definition) is 0. The van der Waals surface area contributed by atoms with Crippen LogP contribution in [-0.4, -0.2) is 0 Å². The Morgan fingerprint density at radius 3 is 2.56 bits per heavy atom. The van der Waals surface area contributed by atoms with Crippen LogP contribution in [0.3, 0.4) is 0 Å². The highest BCUT2D eigenvalue weighted by atomic mass is 19.1. The molecule has 0 unspecified atom stereocenters. The average molecular weight is 244 g/mol. The van der Waals surface area contributed by atoms with Gasteiger partial charge in [0.05, 0.1) is 0 Å². The van der Waals surface area contributed by atoms with E-state index in [1.807, 2.05) is 49.4 Å². The molecule has 0 heterocycles. The van der Waals surface area contributed by atoms with Crippen LogP contribution in [-0.2, 0) is 6.42 Å². The number of rotatable bonds is 5. The summed E-state index contributed by atoms with van der Waals surface area (Å²) in [6.45, 7) is 5.91. The van der Waals surface area contributed by atoms with Crippen molar-refractivity contribution in [2.75, 3.05) is 0 Å². The molecule has 0 aromatic heterocycles. The van der Waals surface area contributed by atoms with Crippen LogP contribution in [0.25, 0.3) is 0 Å². The van der Waals surface area contributed by atoms with Crippen LogP contribution in [0.2, 0.25) is 0 Å². The van der Waals surface area contributed by atoms with E-state index in [0.717, 1.165) is 12.0 Å². The second-order valence-corrected chi connectivity index (χ2v) is 4.56. The largest absolute Gasteiger partial charge is 0.207 e. The van der Waals surface area contributed by atoms with Crippen LogP contribution >= 0.6 is 0 Å². The first-order chi connectivity index (χ1) is 8.63. The van der Waals surface area contributed by atoms with Gasteiger partial charge in [-0.1, -0.05) is 55.5 Å². The van der Waals surface area contributed by atoms with Crippen molar-refractivity contribution < 1.29 is 4.39 Å². The van der Waals surface area contributed by atoms with Gasteiger partial charge in [0, 0.05) is 0 Å². The lowest BCUT2D eigenvalue weighted by Gasteiger charge is -2.07. The molecule has 1 atom stereocenters. The second-order valence-electron chi connectivity index (χ2n) is 4.56. The Bertz CT molecular complexity index is 453. The van der Waals surface area contributed by atoms with Crippen molar-refractivity contribution >= 4 is 0 Å². The molecule has 1 aromatic rings. The smallest absolute Gasteiger partial charge is 0.126 e. The first-order valence-corrected chi connectivity index (χ1v) is 6.34. The highest BCUT2D eigenvalue weighted by molar-refractivity contribution is 5.24. The third kappa shape index (κ3) is 5.13. The van der Waals surface area contributed by atoms with Crippen LogP contribution in [0.4, 0.5) is 4.39 Å². The maximum absolute atomic E-state index is 13.4. The van der Waals surface area contributed by atoms with E-state index >= 15 is 0 Å². The fourth-order valence-electron chi connectivity index (χ4n) is 1.70. The first-order valence-electron chi connectivity index (χ1n) is 6.34. The summed E-state index contributed by atoms with van der Waals surface area (Å²) in [6.07, 6.45) is 13.0. The molecule has 0 aliphatic heterocycles. The molecule has 0 radical (unpaired) electrons. The van der Waals surface area contributed by atoms with Crippen molar-refractivity contribution in [1.82, 2.24) is 0 Å². The van der Waals surface area contributed by atoms with Gasteiger partial charge in [0.1, 0.15) is 5.82 Å². The molecule has 1 aromatic carbocycles. The molecule has 1 rings (SSSR count). The highest BCUT2D eigenvalue weighted by Crippen LogP contribution is 2.14. The SMILES string of the molecule is C\C=C/C=C\C=C\[C@@H](C)Cc1ccc(C)c(F)c1. The molecule has 96 valence electrons. The number of benzene rings is 1. The maximum Gasteiger partial charge on any atom is 0.126 e. The van der Waals surface area contributed by atoms with E-state index in [4.69, 9.17) is 0 Å². The third-order valence-corrected chi connectivity index (χ3v) is 2.76. The molecule has 0 aliphatic rings. The van der Waals surface area contributed by atoms with Crippen LogP contribution in [0.15, 0.2) is 54.7 Å².